The summed E-state index contributed by atoms with van der Waals surface area (Å²) in [5, 5.41) is 13.2. The molecular weight excluding hydrogens is 524 g/mol. The van der Waals surface area contributed by atoms with Crippen LogP contribution in [0, 0.1) is 22.6 Å². The summed E-state index contributed by atoms with van der Waals surface area (Å²) in [6.45, 7) is 3.48. The highest BCUT2D eigenvalue weighted by Crippen LogP contribution is 2.36. The maximum atomic E-state index is 14.0. The molecule has 0 spiro atoms. The fourth-order valence-electron chi connectivity index (χ4n) is 4.05. The highest BCUT2D eigenvalue weighted by Gasteiger charge is 2.46. The van der Waals surface area contributed by atoms with Gasteiger partial charge in [-0.1, -0.05) is 23.2 Å². The van der Waals surface area contributed by atoms with Gasteiger partial charge in [0.2, 0.25) is 0 Å². The number of nitrogens with zero attached hydrogens (tertiary/aromatic N) is 2. The zero-order valence-corrected chi connectivity index (χ0v) is 21.4. The lowest BCUT2D eigenvalue weighted by Gasteiger charge is -2.49. The van der Waals surface area contributed by atoms with Crippen LogP contribution in [0.25, 0.3) is 0 Å². The number of benzene rings is 2. The summed E-state index contributed by atoms with van der Waals surface area (Å²) in [6.07, 6.45) is 2.31. The molecule has 0 radical (unpaired) electrons. The molecule has 0 aromatic heterocycles. The average molecular weight is 549 g/mol. The van der Waals surface area contributed by atoms with Crippen LogP contribution in [0.2, 0.25) is 10.0 Å². The van der Waals surface area contributed by atoms with Crippen molar-refractivity contribution in [3.63, 3.8) is 0 Å². The molecule has 34 heavy (non-hydrogen) atoms. The Balaban J connectivity index is 0.00000324. The predicted octanol–water partition coefficient (Wildman–Crippen LogP) is 4.60. The molecule has 4 rings (SSSR count). The van der Waals surface area contributed by atoms with Crippen LogP contribution >= 0.6 is 35.6 Å². The molecule has 1 N–H and O–H groups in total. The zero-order chi connectivity index (χ0) is 23.4. The summed E-state index contributed by atoms with van der Waals surface area (Å²) >= 11 is 12.2. The van der Waals surface area contributed by atoms with E-state index in [2.05, 4.69) is 5.32 Å². The van der Waals surface area contributed by atoms with E-state index in [4.69, 9.17) is 37.9 Å². The normalized spacial score (nSPS) is 20.1. The molecular formula is C23H25Cl3FN3O3S. The van der Waals surface area contributed by atoms with Crippen LogP contribution in [-0.4, -0.2) is 54.0 Å². The Hall–Kier alpha value is -1.44. The predicted molar refractivity (Wildman–Crippen MR) is 133 cm³/mol. The second-order valence-corrected chi connectivity index (χ2v) is 10.7. The monoisotopic (exact) mass is 547 g/mol. The lowest BCUT2D eigenvalue weighted by atomic mass is 9.82. The first-order valence-electron chi connectivity index (χ1n) is 10.7. The molecule has 2 aromatic rings. The van der Waals surface area contributed by atoms with Crippen LogP contribution in [0.15, 0.2) is 41.3 Å². The topological polar surface area (TPSA) is 74.6 Å². The Morgan fingerprint density at radius 3 is 2.74 bits per heavy atom. The van der Waals surface area contributed by atoms with Crippen LogP contribution in [0.1, 0.15) is 18.4 Å². The van der Waals surface area contributed by atoms with Crippen molar-refractivity contribution in [1.29, 1.82) is 5.26 Å². The molecule has 0 saturated carbocycles. The average Bonchev–Trinajstić information content (AvgIpc) is 3.28. The number of hydrogen-bond acceptors (Lipinski definition) is 5. The van der Waals surface area contributed by atoms with Crippen molar-refractivity contribution in [2.75, 3.05) is 39.4 Å². The SMILES string of the molecule is Cl.N#Cc1ccc(OCC2(CNC[C@H]3CCCO3)CN(S(=O)c3ccc(Cl)cc3Cl)C2)cc1F. The van der Waals surface area contributed by atoms with Gasteiger partial charge in [0.25, 0.3) is 0 Å². The minimum absolute atomic E-state index is 0. The Morgan fingerprint density at radius 1 is 1.29 bits per heavy atom. The molecule has 1 unspecified atom stereocenters. The van der Waals surface area contributed by atoms with Crippen molar-refractivity contribution < 1.29 is 18.1 Å². The number of ether oxygens (including phenoxy) is 2. The molecule has 0 amide bonds. The van der Waals surface area contributed by atoms with Gasteiger partial charge in [-0.25, -0.2) is 12.9 Å². The third-order valence-corrected chi connectivity index (χ3v) is 7.96. The van der Waals surface area contributed by atoms with Gasteiger partial charge >= 0.3 is 0 Å². The van der Waals surface area contributed by atoms with Crippen LogP contribution in [0.5, 0.6) is 5.75 Å². The molecule has 0 aliphatic carbocycles. The highest BCUT2D eigenvalue weighted by molar-refractivity contribution is 7.82. The van der Waals surface area contributed by atoms with E-state index in [9.17, 15) is 8.60 Å². The number of rotatable bonds is 9. The van der Waals surface area contributed by atoms with Crippen molar-refractivity contribution in [2.24, 2.45) is 5.41 Å². The van der Waals surface area contributed by atoms with Crippen LogP contribution in [0.3, 0.4) is 0 Å². The lowest BCUT2D eigenvalue weighted by molar-refractivity contribution is 0.0185. The quantitative estimate of drug-likeness (QED) is 0.496. The second kappa shape index (κ2) is 12.0. The van der Waals surface area contributed by atoms with Crippen molar-refractivity contribution >= 4 is 46.6 Å². The van der Waals surface area contributed by atoms with E-state index in [0.717, 1.165) is 26.0 Å². The second-order valence-electron chi connectivity index (χ2n) is 8.43. The first-order chi connectivity index (χ1) is 15.9. The largest absolute Gasteiger partial charge is 0.493 e. The molecule has 2 fully saturated rings. The van der Waals surface area contributed by atoms with Gasteiger partial charge in [-0.3, -0.25) is 0 Å². The van der Waals surface area contributed by atoms with Gasteiger partial charge in [0, 0.05) is 49.3 Å². The lowest BCUT2D eigenvalue weighted by Crippen LogP contribution is -2.63. The molecule has 2 atom stereocenters. The van der Waals surface area contributed by atoms with Gasteiger partial charge in [0.15, 0.2) is 0 Å². The number of nitrogens with one attached hydrogen (secondary N) is 1. The van der Waals surface area contributed by atoms with E-state index < -0.39 is 16.8 Å². The highest BCUT2D eigenvalue weighted by atomic mass is 35.5. The maximum absolute atomic E-state index is 14.0. The van der Waals surface area contributed by atoms with E-state index >= 15 is 0 Å². The number of nitriles is 1. The summed E-state index contributed by atoms with van der Waals surface area (Å²) in [4.78, 5) is 0.511. The molecule has 2 saturated heterocycles. The van der Waals surface area contributed by atoms with Gasteiger partial charge in [-0.05, 0) is 43.2 Å². The van der Waals surface area contributed by atoms with E-state index in [1.807, 2.05) is 4.31 Å². The summed E-state index contributed by atoms with van der Waals surface area (Å²) in [7, 11) is -1.43. The van der Waals surface area contributed by atoms with Crippen molar-refractivity contribution in [2.45, 2.75) is 23.8 Å². The molecule has 6 nitrogen and oxygen atoms in total. The van der Waals surface area contributed by atoms with Crippen molar-refractivity contribution in [3.8, 4) is 11.8 Å². The first-order valence-corrected chi connectivity index (χ1v) is 12.5. The van der Waals surface area contributed by atoms with E-state index in [1.54, 1.807) is 30.3 Å². The van der Waals surface area contributed by atoms with Gasteiger partial charge in [0.1, 0.15) is 28.6 Å². The smallest absolute Gasteiger partial charge is 0.144 e. The van der Waals surface area contributed by atoms with E-state index in [0.29, 0.717) is 46.9 Å². The van der Waals surface area contributed by atoms with Gasteiger partial charge in [-0.15, -0.1) is 12.4 Å². The first kappa shape index (κ1) is 27.2. The summed E-state index contributed by atoms with van der Waals surface area (Å²) in [5.74, 6) is -0.264. The van der Waals surface area contributed by atoms with Crippen LogP contribution < -0.4 is 10.1 Å². The van der Waals surface area contributed by atoms with Gasteiger partial charge in [-0.2, -0.15) is 5.26 Å². The van der Waals surface area contributed by atoms with E-state index in [1.165, 1.54) is 12.1 Å². The fraction of sp³-hybridized carbons (Fsp3) is 0.435. The Kier molecular flexibility index (Phi) is 9.58. The minimum atomic E-state index is -1.43. The molecule has 2 aromatic carbocycles. The zero-order valence-electron chi connectivity index (χ0n) is 18.3. The molecule has 184 valence electrons. The van der Waals surface area contributed by atoms with Crippen molar-refractivity contribution in [1.82, 2.24) is 9.62 Å². The fourth-order valence-corrected chi connectivity index (χ4v) is 6.12. The Bertz CT molecular complexity index is 1070. The number of halogens is 4. The summed E-state index contributed by atoms with van der Waals surface area (Å²) in [6, 6.07) is 10.9. The molecule has 0 bridgehead atoms. The third-order valence-electron chi connectivity index (χ3n) is 5.84. The van der Waals surface area contributed by atoms with Gasteiger partial charge in [0.05, 0.1) is 28.2 Å². The molecule has 11 heteroatoms. The molecule has 2 aliphatic rings. The third kappa shape index (κ3) is 6.41. The summed E-state index contributed by atoms with van der Waals surface area (Å²) < 4.78 is 40.4. The Morgan fingerprint density at radius 2 is 2.09 bits per heavy atom. The standard InChI is InChI=1S/C23H24Cl2FN3O3S.ClH/c24-17-4-6-22(20(25)8-17)33(30)29-13-23(14-29,12-28-11-19-2-1-7-31-19)15-32-18-5-3-16(10-27)21(26)9-18;/h3-6,8-9,19,28H,1-2,7,11-15H2;1H/t19-,33?;/m1./s1. The van der Waals surface area contributed by atoms with E-state index in [-0.39, 0.29) is 29.5 Å². The van der Waals surface area contributed by atoms with Crippen LogP contribution in [0.4, 0.5) is 4.39 Å². The van der Waals surface area contributed by atoms with Crippen molar-refractivity contribution in [3.05, 3.63) is 57.8 Å². The minimum Gasteiger partial charge on any atom is -0.493 e. The maximum Gasteiger partial charge on any atom is 0.144 e. The molecule has 2 aliphatic heterocycles. The number of hydrogen-bond donors (Lipinski definition) is 1. The summed E-state index contributed by atoms with van der Waals surface area (Å²) in [5.41, 5.74) is -0.349. The Labute approximate surface area is 217 Å². The van der Waals surface area contributed by atoms with Gasteiger partial charge < -0.3 is 14.8 Å². The van der Waals surface area contributed by atoms with Crippen LogP contribution in [-0.2, 0) is 15.7 Å². The molecule has 2 heterocycles.